The minimum Gasteiger partial charge on any atom is -0.127 e. The predicted molar refractivity (Wildman–Crippen MR) is 88.8 cm³/mol. The van der Waals surface area contributed by atoms with E-state index in [9.17, 15) is 0 Å². The van der Waals surface area contributed by atoms with Crippen molar-refractivity contribution in [3.05, 3.63) is 32.9 Å². The van der Waals surface area contributed by atoms with Crippen molar-refractivity contribution in [3.8, 4) is 21.6 Å². The van der Waals surface area contributed by atoms with Crippen LogP contribution in [0.1, 0.15) is 37.0 Å². The molecule has 3 heteroatoms. The Morgan fingerprint density at radius 2 is 1.68 bits per heavy atom. The minimum atomic E-state index is 0.634. The first-order chi connectivity index (χ1) is 9.31. The Hall–Kier alpha value is -0.560. The second-order valence-corrected chi connectivity index (χ2v) is 8.42. The molecule has 0 saturated heterocycles. The molecule has 1 aliphatic carbocycles. The first-order valence-corrected chi connectivity index (χ1v) is 9.11. The molecule has 0 aliphatic heterocycles. The highest BCUT2D eigenvalue weighted by atomic mass is 79.9. The topological polar surface area (TPSA) is 0 Å². The van der Waals surface area contributed by atoms with Crippen LogP contribution >= 0.6 is 38.6 Å². The summed E-state index contributed by atoms with van der Waals surface area (Å²) in [4.78, 5) is 3.84. The van der Waals surface area contributed by atoms with Gasteiger partial charge >= 0.3 is 0 Å². The molecular weight excluding hydrogens is 336 g/mol. The van der Waals surface area contributed by atoms with Crippen molar-refractivity contribution in [2.75, 3.05) is 0 Å². The van der Waals surface area contributed by atoms with Gasteiger partial charge in [0.15, 0.2) is 0 Å². The monoisotopic (exact) mass is 350 g/mol. The molecule has 2 heterocycles. The highest BCUT2D eigenvalue weighted by molar-refractivity contribution is 9.11. The van der Waals surface area contributed by atoms with Crippen LogP contribution in [0, 0.1) is 17.8 Å². The fourth-order valence-electron chi connectivity index (χ4n) is 2.40. The molecule has 3 rings (SSSR count). The maximum atomic E-state index is 3.51. The predicted octanol–water partition coefficient (Wildman–Crippen LogP) is 6.17. The van der Waals surface area contributed by atoms with Crippen LogP contribution in [0.25, 0.3) is 9.75 Å². The van der Waals surface area contributed by atoms with Crippen molar-refractivity contribution in [1.82, 2.24) is 0 Å². The number of thiophene rings is 2. The van der Waals surface area contributed by atoms with Gasteiger partial charge in [-0.25, -0.2) is 0 Å². The van der Waals surface area contributed by atoms with E-state index in [1.807, 2.05) is 0 Å². The van der Waals surface area contributed by atoms with E-state index >= 15 is 0 Å². The third-order valence-electron chi connectivity index (χ3n) is 3.43. The SMILES string of the molecule is Brc1ccc(-c2ccc(C#CC3CCCCC3)s2)s1. The normalized spacial score (nSPS) is 16.1. The molecule has 0 atom stereocenters. The molecule has 98 valence electrons. The van der Waals surface area contributed by atoms with Crippen molar-refractivity contribution >= 4 is 38.6 Å². The number of rotatable bonds is 1. The van der Waals surface area contributed by atoms with Crippen molar-refractivity contribution in [2.24, 2.45) is 5.92 Å². The zero-order chi connectivity index (χ0) is 13.1. The van der Waals surface area contributed by atoms with E-state index in [0.717, 1.165) is 0 Å². The Morgan fingerprint density at radius 3 is 2.42 bits per heavy atom. The average Bonchev–Trinajstić information content (AvgIpc) is 3.06. The van der Waals surface area contributed by atoms with Crippen LogP contribution in [0.4, 0.5) is 0 Å². The fourth-order valence-corrected chi connectivity index (χ4v) is 4.75. The molecule has 2 aromatic rings. The Labute approximate surface area is 131 Å². The van der Waals surface area contributed by atoms with Gasteiger partial charge in [-0.2, -0.15) is 0 Å². The standard InChI is InChI=1S/C16H15BrS2/c17-16-11-10-15(19-16)14-9-8-13(18-14)7-6-12-4-2-1-3-5-12/h8-12H,1-5H2. The molecule has 0 amide bonds. The number of halogens is 1. The van der Waals surface area contributed by atoms with Gasteiger partial charge in [0.1, 0.15) is 0 Å². The fraction of sp³-hybridized carbons (Fsp3) is 0.375. The van der Waals surface area contributed by atoms with E-state index in [1.54, 1.807) is 22.7 Å². The van der Waals surface area contributed by atoms with Gasteiger partial charge in [0.05, 0.1) is 8.66 Å². The van der Waals surface area contributed by atoms with Crippen LogP contribution < -0.4 is 0 Å². The molecule has 0 radical (unpaired) electrons. The van der Waals surface area contributed by atoms with Crippen molar-refractivity contribution in [2.45, 2.75) is 32.1 Å². The van der Waals surface area contributed by atoms with Crippen LogP contribution in [-0.2, 0) is 0 Å². The minimum absolute atomic E-state index is 0.634. The molecule has 0 aromatic carbocycles. The summed E-state index contributed by atoms with van der Waals surface area (Å²) in [6, 6.07) is 8.61. The van der Waals surface area contributed by atoms with Crippen LogP contribution in [0.2, 0.25) is 0 Å². The summed E-state index contributed by atoms with van der Waals surface area (Å²) in [6.45, 7) is 0. The molecule has 0 unspecified atom stereocenters. The highest BCUT2D eigenvalue weighted by Gasteiger charge is 2.10. The van der Waals surface area contributed by atoms with Gasteiger partial charge in [-0.05, 0) is 53.0 Å². The summed E-state index contributed by atoms with van der Waals surface area (Å²) < 4.78 is 1.19. The van der Waals surface area contributed by atoms with Crippen molar-refractivity contribution < 1.29 is 0 Å². The molecule has 1 saturated carbocycles. The molecule has 1 fully saturated rings. The summed E-state index contributed by atoms with van der Waals surface area (Å²) >= 11 is 7.10. The molecule has 1 aliphatic rings. The lowest BCUT2D eigenvalue weighted by Gasteiger charge is -2.15. The Kier molecular flexibility index (Phi) is 4.42. The van der Waals surface area contributed by atoms with E-state index in [4.69, 9.17) is 0 Å². The summed E-state index contributed by atoms with van der Waals surface area (Å²) in [7, 11) is 0. The Morgan fingerprint density at radius 1 is 0.947 bits per heavy atom. The smallest absolute Gasteiger partial charge is 0.0775 e. The third-order valence-corrected chi connectivity index (χ3v) is 6.25. The maximum absolute atomic E-state index is 3.51. The van der Waals surface area contributed by atoms with Gasteiger partial charge in [-0.1, -0.05) is 31.1 Å². The van der Waals surface area contributed by atoms with E-state index in [0.29, 0.717) is 5.92 Å². The van der Waals surface area contributed by atoms with Gasteiger partial charge in [-0.3, -0.25) is 0 Å². The first-order valence-electron chi connectivity index (χ1n) is 6.68. The molecule has 0 nitrogen and oxygen atoms in total. The third kappa shape index (κ3) is 3.51. The van der Waals surface area contributed by atoms with Crippen molar-refractivity contribution in [3.63, 3.8) is 0 Å². The van der Waals surface area contributed by atoms with Crippen LogP contribution in [0.15, 0.2) is 28.1 Å². The van der Waals surface area contributed by atoms with E-state index < -0.39 is 0 Å². The number of hydrogen-bond acceptors (Lipinski definition) is 2. The van der Waals surface area contributed by atoms with Crippen LogP contribution in [0.5, 0.6) is 0 Å². The summed E-state index contributed by atoms with van der Waals surface area (Å²) in [5, 5.41) is 0. The van der Waals surface area contributed by atoms with Gasteiger partial charge in [0, 0.05) is 15.7 Å². The largest absolute Gasteiger partial charge is 0.127 e. The zero-order valence-electron chi connectivity index (χ0n) is 10.6. The van der Waals surface area contributed by atoms with Crippen LogP contribution in [0.3, 0.4) is 0 Å². The highest BCUT2D eigenvalue weighted by Crippen LogP contribution is 2.35. The Balaban J connectivity index is 1.73. The quantitative estimate of drug-likeness (QED) is 0.539. The summed E-state index contributed by atoms with van der Waals surface area (Å²) in [6.07, 6.45) is 6.71. The Bertz CT molecular complexity index is 606. The van der Waals surface area contributed by atoms with E-state index in [1.165, 1.54) is 50.5 Å². The lowest BCUT2D eigenvalue weighted by molar-refractivity contribution is 0.430. The average molecular weight is 351 g/mol. The lowest BCUT2D eigenvalue weighted by Crippen LogP contribution is -2.02. The second kappa shape index (κ2) is 6.26. The molecule has 0 bridgehead atoms. The number of hydrogen-bond donors (Lipinski definition) is 0. The lowest BCUT2D eigenvalue weighted by atomic mass is 9.90. The van der Waals surface area contributed by atoms with E-state index in [-0.39, 0.29) is 0 Å². The first kappa shape index (κ1) is 13.4. The van der Waals surface area contributed by atoms with Gasteiger partial charge in [-0.15, -0.1) is 22.7 Å². The zero-order valence-corrected chi connectivity index (χ0v) is 13.8. The molecule has 0 spiro atoms. The van der Waals surface area contributed by atoms with Crippen molar-refractivity contribution in [1.29, 1.82) is 0 Å². The van der Waals surface area contributed by atoms with Crippen LogP contribution in [-0.4, -0.2) is 0 Å². The van der Waals surface area contributed by atoms with Gasteiger partial charge in [0.2, 0.25) is 0 Å². The van der Waals surface area contributed by atoms with Gasteiger partial charge < -0.3 is 0 Å². The molecular formula is C16H15BrS2. The molecule has 2 aromatic heterocycles. The summed E-state index contributed by atoms with van der Waals surface area (Å²) in [5.41, 5.74) is 0. The second-order valence-electron chi connectivity index (χ2n) is 4.87. The maximum Gasteiger partial charge on any atom is 0.0775 e. The van der Waals surface area contributed by atoms with Gasteiger partial charge in [0.25, 0.3) is 0 Å². The molecule has 19 heavy (non-hydrogen) atoms. The summed E-state index contributed by atoms with van der Waals surface area (Å²) in [5.74, 6) is 7.47. The van der Waals surface area contributed by atoms with E-state index in [2.05, 4.69) is 52.0 Å². The molecule has 0 N–H and O–H groups in total.